The lowest BCUT2D eigenvalue weighted by Crippen LogP contribution is -2.32. The first-order valence-electron chi connectivity index (χ1n) is 16.1. The van der Waals surface area contributed by atoms with Crippen molar-refractivity contribution in [3.63, 3.8) is 0 Å². The number of hydrogen-bond acceptors (Lipinski definition) is 8. The lowest BCUT2D eigenvalue weighted by molar-refractivity contribution is 0.111. The van der Waals surface area contributed by atoms with Gasteiger partial charge in [0.15, 0.2) is 64.7 Å². The van der Waals surface area contributed by atoms with Crippen LogP contribution in [0.3, 0.4) is 0 Å². The summed E-state index contributed by atoms with van der Waals surface area (Å²) in [6.07, 6.45) is 1.85. The number of benzene rings is 6. The highest BCUT2D eigenvalue weighted by atomic mass is 79.9. The molecule has 0 aromatic heterocycles. The van der Waals surface area contributed by atoms with E-state index in [0.717, 1.165) is 36.4 Å². The molecule has 16 heteroatoms. The molecule has 0 heterocycles. The Hall–Kier alpha value is -6.23. The molecule has 0 radical (unpaired) electrons. The fourth-order valence-corrected chi connectivity index (χ4v) is 5.34. The number of carbonyl (C=O) groups is 3. The maximum atomic E-state index is 13.6. The van der Waals surface area contributed by atoms with Crippen molar-refractivity contribution in [2.45, 2.75) is 0 Å². The highest BCUT2D eigenvalue weighted by Gasteiger charge is 2.16. The molecule has 0 spiro atoms. The summed E-state index contributed by atoms with van der Waals surface area (Å²) >= 11 is 2.94. The third-order valence-electron chi connectivity index (χ3n) is 7.59. The van der Waals surface area contributed by atoms with Crippen molar-refractivity contribution in [2.75, 3.05) is 14.2 Å². The minimum absolute atomic E-state index is 0.209. The molecule has 0 saturated carbocycles. The van der Waals surface area contributed by atoms with Crippen LogP contribution in [0.2, 0.25) is 0 Å². The predicted molar refractivity (Wildman–Crippen MR) is 205 cm³/mol. The first-order valence-corrected chi connectivity index (χ1v) is 16.9. The van der Waals surface area contributed by atoms with Gasteiger partial charge in [0.05, 0.1) is 14.2 Å². The minimum Gasteiger partial charge on any atom is -0.503 e. The summed E-state index contributed by atoms with van der Waals surface area (Å²) in [4.78, 5) is 32.0. The average molecular weight is 855 g/mol. The molecular formula is C41H30BBrF6O8. The standard InChI is InChI=1S/C14H10F2O2.C13H8F2O2.C7H7BO3.C7H5BrF2O/c1-18-14-12(15)6-10(7-13(14)16)11-5-3-2-4-9(11)8-17;14-11-5-9(6-12(15)13(11)17)10-4-2-1-3-8(10)7-16;9-5-6-3-1-2-4-7(6)8(10)11;1-11-7-5(9)2-4(8)3-6(7)10/h2-8H,1H3;1-7,17H;1-5,10-11H;2-3H,1H3. The second-order valence-electron chi connectivity index (χ2n) is 11.2. The van der Waals surface area contributed by atoms with Gasteiger partial charge in [0.1, 0.15) is 6.29 Å². The maximum Gasteiger partial charge on any atom is 0.489 e. The summed E-state index contributed by atoms with van der Waals surface area (Å²) in [6.45, 7) is 0. The van der Waals surface area contributed by atoms with E-state index in [1.165, 1.54) is 26.4 Å². The largest absolute Gasteiger partial charge is 0.503 e. The van der Waals surface area contributed by atoms with E-state index in [2.05, 4.69) is 25.4 Å². The molecule has 0 aliphatic heterocycles. The highest BCUT2D eigenvalue weighted by Crippen LogP contribution is 2.31. The Kier molecular flexibility index (Phi) is 17.2. The average Bonchev–Trinajstić information content (AvgIpc) is 3.20. The first-order chi connectivity index (χ1) is 27.2. The van der Waals surface area contributed by atoms with Crippen LogP contribution in [-0.2, 0) is 0 Å². The fraction of sp³-hybridized carbons (Fsp3) is 0.0488. The molecule has 3 N–H and O–H groups in total. The zero-order chi connectivity index (χ0) is 42.2. The molecule has 0 aliphatic rings. The number of carbonyl (C=O) groups excluding carboxylic acids is 3. The quantitative estimate of drug-likeness (QED) is 0.0790. The molecule has 0 unspecified atom stereocenters. The summed E-state index contributed by atoms with van der Waals surface area (Å²) < 4.78 is 88.4. The van der Waals surface area contributed by atoms with Gasteiger partial charge in [-0.2, -0.15) is 0 Å². The van der Waals surface area contributed by atoms with Gasteiger partial charge in [-0.1, -0.05) is 88.7 Å². The highest BCUT2D eigenvalue weighted by molar-refractivity contribution is 9.10. The van der Waals surface area contributed by atoms with Crippen LogP contribution in [0.4, 0.5) is 26.3 Å². The van der Waals surface area contributed by atoms with Gasteiger partial charge >= 0.3 is 7.12 Å². The number of aldehydes is 3. The van der Waals surface area contributed by atoms with E-state index in [-0.39, 0.29) is 16.8 Å². The summed E-state index contributed by atoms with van der Waals surface area (Å²) in [6, 6.07) is 25.9. The van der Waals surface area contributed by atoms with Gasteiger partial charge in [-0.15, -0.1) is 0 Å². The molecular weight excluding hydrogens is 825 g/mol. The second-order valence-corrected chi connectivity index (χ2v) is 12.1. The normalized spacial score (nSPS) is 9.95. The van der Waals surface area contributed by atoms with E-state index >= 15 is 0 Å². The van der Waals surface area contributed by atoms with Crippen molar-refractivity contribution < 1.29 is 65.4 Å². The van der Waals surface area contributed by atoms with Crippen LogP contribution in [0.15, 0.2) is 114 Å². The molecule has 8 nitrogen and oxygen atoms in total. The van der Waals surface area contributed by atoms with Gasteiger partial charge in [-0.05, 0) is 64.1 Å². The van der Waals surface area contributed by atoms with Crippen molar-refractivity contribution in [3.05, 3.63) is 165 Å². The third kappa shape index (κ3) is 12.1. The van der Waals surface area contributed by atoms with Crippen molar-refractivity contribution in [1.82, 2.24) is 0 Å². The molecule has 0 fully saturated rings. The van der Waals surface area contributed by atoms with Crippen LogP contribution < -0.4 is 14.9 Å². The van der Waals surface area contributed by atoms with Gasteiger partial charge in [0, 0.05) is 21.2 Å². The Labute approximate surface area is 330 Å². The monoisotopic (exact) mass is 854 g/mol. The molecule has 0 saturated heterocycles. The van der Waals surface area contributed by atoms with Crippen LogP contribution in [0, 0.1) is 34.9 Å². The summed E-state index contributed by atoms with van der Waals surface area (Å²) in [5.74, 6) is -6.92. The SMILES string of the molecule is COc1c(F)cc(-c2ccccc2C=O)cc1F.COc1c(F)cc(Br)cc1F.O=Cc1ccccc1-c1cc(F)c(O)c(F)c1.O=Cc1ccccc1B(O)O. The lowest BCUT2D eigenvalue weighted by Gasteiger charge is -2.08. The zero-order valence-electron chi connectivity index (χ0n) is 29.7. The van der Waals surface area contributed by atoms with Crippen molar-refractivity contribution >= 4 is 47.4 Å². The van der Waals surface area contributed by atoms with Crippen LogP contribution in [0.5, 0.6) is 17.2 Å². The van der Waals surface area contributed by atoms with E-state index < -0.39 is 53.5 Å². The van der Waals surface area contributed by atoms with Crippen molar-refractivity contribution in [2.24, 2.45) is 0 Å². The molecule has 0 amide bonds. The molecule has 294 valence electrons. The lowest BCUT2D eigenvalue weighted by atomic mass is 9.77. The van der Waals surface area contributed by atoms with Crippen molar-refractivity contribution in [3.8, 4) is 39.5 Å². The number of aromatic hydroxyl groups is 1. The van der Waals surface area contributed by atoms with Gasteiger partial charge in [-0.25, -0.2) is 26.3 Å². The Balaban J connectivity index is 0.000000209. The maximum absolute atomic E-state index is 13.6. The molecule has 0 atom stereocenters. The molecule has 6 rings (SSSR count). The third-order valence-corrected chi connectivity index (χ3v) is 8.04. The Morgan fingerprint density at radius 2 is 0.860 bits per heavy atom. The minimum atomic E-state index is -1.57. The molecule has 6 aromatic carbocycles. The molecule has 57 heavy (non-hydrogen) atoms. The van der Waals surface area contributed by atoms with Crippen LogP contribution >= 0.6 is 15.9 Å². The topological polar surface area (TPSA) is 130 Å². The predicted octanol–water partition coefficient (Wildman–Crippen LogP) is 8.52. The van der Waals surface area contributed by atoms with Crippen molar-refractivity contribution in [1.29, 1.82) is 0 Å². The molecule has 0 bridgehead atoms. The van der Waals surface area contributed by atoms with E-state index in [4.69, 9.17) is 15.2 Å². The van der Waals surface area contributed by atoms with E-state index in [1.54, 1.807) is 60.7 Å². The van der Waals surface area contributed by atoms with E-state index in [9.17, 15) is 40.7 Å². The van der Waals surface area contributed by atoms with Gasteiger partial charge < -0.3 is 24.6 Å². The fourth-order valence-electron chi connectivity index (χ4n) is 4.93. The molecule has 6 aromatic rings. The number of hydrogen-bond donors (Lipinski definition) is 3. The second kappa shape index (κ2) is 21.8. The number of rotatable bonds is 8. The summed E-state index contributed by atoms with van der Waals surface area (Å²) in [7, 11) is 0.840. The number of phenolic OH excluding ortho intramolecular Hbond substituents is 1. The van der Waals surface area contributed by atoms with Crippen LogP contribution in [-0.4, -0.2) is 55.4 Å². The van der Waals surface area contributed by atoms with Gasteiger partial charge in [0.2, 0.25) is 0 Å². The molecule has 0 aliphatic carbocycles. The van der Waals surface area contributed by atoms with Gasteiger partial charge in [-0.3, -0.25) is 14.4 Å². The van der Waals surface area contributed by atoms with Crippen LogP contribution in [0.1, 0.15) is 31.1 Å². The smallest absolute Gasteiger partial charge is 0.489 e. The number of halogens is 7. The van der Waals surface area contributed by atoms with E-state index in [0.29, 0.717) is 56.7 Å². The Morgan fingerprint density at radius 1 is 0.526 bits per heavy atom. The first kappa shape index (κ1) is 45.2. The van der Waals surface area contributed by atoms with Gasteiger partial charge in [0.25, 0.3) is 0 Å². The van der Waals surface area contributed by atoms with E-state index in [1.807, 2.05) is 0 Å². The zero-order valence-corrected chi connectivity index (χ0v) is 31.3. The Morgan fingerprint density at radius 3 is 1.21 bits per heavy atom. The van der Waals surface area contributed by atoms with Crippen LogP contribution in [0.25, 0.3) is 22.3 Å². The number of ether oxygens (including phenoxy) is 2. The summed E-state index contributed by atoms with van der Waals surface area (Å²) in [5.41, 5.74) is 2.66. The number of phenols is 1. The Bertz CT molecular complexity index is 2280. The number of methoxy groups -OCH3 is 2. The summed E-state index contributed by atoms with van der Waals surface area (Å²) in [5, 5.41) is 26.4.